The van der Waals surface area contributed by atoms with E-state index in [1.165, 1.54) is 0 Å². The Balaban J connectivity index is 1.77. The van der Waals surface area contributed by atoms with Gasteiger partial charge in [-0.2, -0.15) is 5.10 Å². The molecular formula is C17H24N4O2S. The van der Waals surface area contributed by atoms with Gasteiger partial charge in [-0.3, -0.25) is 9.48 Å². The highest BCUT2D eigenvalue weighted by Crippen LogP contribution is 2.25. The molecule has 1 fully saturated rings. The molecule has 0 radical (unpaired) electrons. The Kier molecular flexibility index (Phi) is 5.30. The van der Waals surface area contributed by atoms with E-state index in [9.17, 15) is 4.79 Å². The SMILES string of the molecule is CCc1c(C(=O)N2CCO[C@@H](c3nccs3)C2)cnn1CC(C)C. The van der Waals surface area contributed by atoms with Gasteiger partial charge in [0, 0.05) is 24.7 Å². The van der Waals surface area contributed by atoms with Crippen LogP contribution >= 0.6 is 11.3 Å². The van der Waals surface area contributed by atoms with Crippen LogP contribution in [-0.2, 0) is 17.7 Å². The molecule has 0 unspecified atom stereocenters. The van der Waals surface area contributed by atoms with Crippen molar-refractivity contribution < 1.29 is 9.53 Å². The van der Waals surface area contributed by atoms with Crippen molar-refractivity contribution >= 4 is 17.2 Å². The molecule has 0 aromatic carbocycles. The molecule has 2 aromatic heterocycles. The monoisotopic (exact) mass is 348 g/mol. The maximum absolute atomic E-state index is 13.0. The summed E-state index contributed by atoms with van der Waals surface area (Å²) < 4.78 is 7.76. The van der Waals surface area contributed by atoms with Gasteiger partial charge in [0.1, 0.15) is 11.1 Å². The molecule has 1 aliphatic rings. The van der Waals surface area contributed by atoms with Crippen LogP contribution in [-0.4, -0.2) is 45.3 Å². The molecule has 130 valence electrons. The van der Waals surface area contributed by atoms with Gasteiger partial charge in [-0.25, -0.2) is 4.98 Å². The lowest BCUT2D eigenvalue weighted by Crippen LogP contribution is -2.42. The molecule has 0 N–H and O–H groups in total. The zero-order chi connectivity index (χ0) is 17.1. The number of aromatic nitrogens is 3. The summed E-state index contributed by atoms with van der Waals surface area (Å²) in [6, 6.07) is 0. The van der Waals surface area contributed by atoms with Gasteiger partial charge in [0.15, 0.2) is 0 Å². The molecule has 6 nitrogen and oxygen atoms in total. The molecule has 1 aliphatic heterocycles. The normalized spacial score (nSPS) is 18.3. The first kappa shape index (κ1) is 17.1. The first-order valence-corrected chi connectivity index (χ1v) is 9.33. The third-order valence-corrected chi connectivity index (χ3v) is 5.00. The van der Waals surface area contributed by atoms with Crippen LogP contribution in [0.1, 0.15) is 47.9 Å². The fourth-order valence-corrected chi connectivity index (χ4v) is 3.69. The zero-order valence-corrected chi connectivity index (χ0v) is 15.3. The molecule has 3 rings (SSSR count). The molecule has 1 saturated heterocycles. The van der Waals surface area contributed by atoms with E-state index in [-0.39, 0.29) is 12.0 Å². The summed E-state index contributed by atoms with van der Waals surface area (Å²) in [5, 5.41) is 7.30. The van der Waals surface area contributed by atoms with Crippen LogP contribution in [0.5, 0.6) is 0 Å². The number of amides is 1. The topological polar surface area (TPSA) is 60.3 Å². The van der Waals surface area contributed by atoms with Crippen LogP contribution in [0.15, 0.2) is 17.8 Å². The second-order valence-electron chi connectivity index (χ2n) is 6.42. The number of morpholine rings is 1. The molecule has 0 aliphatic carbocycles. The van der Waals surface area contributed by atoms with Gasteiger partial charge in [0.2, 0.25) is 0 Å². The van der Waals surface area contributed by atoms with E-state index in [2.05, 4.69) is 30.9 Å². The zero-order valence-electron chi connectivity index (χ0n) is 14.4. The summed E-state index contributed by atoms with van der Waals surface area (Å²) in [6.45, 7) is 8.91. The molecule has 0 spiro atoms. The Morgan fingerprint density at radius 2 is 2.33 bits per heavy atom. The number of hydrogen-bond donors (Lipinski definition) is 0. The van der Waals surface area contributed by atoms with Crippen LogP contribution in [0.3, 0.4) is 0 Å². The summed E-state index contributed by atoms with van der Waals surface area (Å²) in [5.74, 6) is 0.544. The van der Waals surface area contributed by atoms with Crippen molar-refractivity contribution in [2.24, 2.45) is 5.92 Å². The number of hydrogen-bond acceptors (Lipinski definition) is 5. The first-order chi connectivity index (χ1) is 11.6. The minimum atomic E-state index is -0.126. The van der Waals surface area contributed by atoms with Crippen molar-refractivity contribution in [3.8, 4) is 0 Å². The summed E-state index contributed by atoms with van der Waals surface area (Å²) in [4.78, 5) is 19.2. The third kappa shape index (κ3) is 3.52. The van der Waals surface area contributed by atoms with Crippen molar-refractivity contribution in [3.05, 3.63) is 34.0 Å². The van der Waals surface area contributed by atoms with E-state index >= 15 is 0 Å². The molecule has 3 heterocycles. The number of ether oxygens (including phenoxy) is 1. The maximum Gasteiger partial charge on any atom is 0.257 e. The maximum atomic E-state index is 13.0. The lowest BCUT2D eigenvalue weighted by molar-refractivity contribution is -0.0229. The Morgan fingerprint density at radius 3 is 3.00 bits per heavy atom. The number of thiazole rings is 1. The molecule has 2 aromatic rings. The Hall–Kier alpha value is -1.73. The minimum Gasteiger partial charge on any atom is -0.367 e. The fraction of sp³-hybridized carbons (Fsp3) is 0.588. The fourth-order valence-electron chi connectivity index (χ4n) is 3.01. The average molecular weight is 348 g/mol. The summed E-state index contributed by atoms with van der Waals surface area (Å²) in [7, 11) is 0. The molecule has 1 amide bonds. The molecule has 0 bridgehead atoms. The predicted octanol–water partition coefficient (Wildman–Crippen LogP) is 2.77. The van der Waals surface area contributed by atoms with E-state index in [0.29, 0.717) is 25.6 Å². The van der Waals surface area contributed by atoms with E-state index in [1.54, 1.807) is 23.7 Å². The number of rotatable bonds is 5. The number of carbonyl (C=O) groups excluding carboxylic acids is 1. The number of nitrogens with zero attached hydrogens (tertiary/aromatic N) is 4. The van der Waals surface area contributed by atoms with Crippen LogP contribution in [0.2, 0.25) is 0 Å². The van der Waals surface area contributed by atoms with E-state index in [0.717, 1.165) is 29.2 Å². The second kappa shape index (κ2) is 7.44. The van der Waals surface area contributed by atoms with E-state index in [1.807, 2.05) is 15.0 Å². The van der Waals surface area contributed by atoms with Gasteiger partial charge in [0.25, 0.3) is 5.91 Å². The third-order valence-electron chi connectivity index (χ3n) is 4.13. The average Bonchev–Trinajstić information content (AvgIpc) is 3.23. The molecule has 1 atom stereocenters. The van der Waals surface area contributed by atoms with Crippen LogP contribution < -0.4 is 0 Å². The molecular weight excluding hydrogens is 324 g/mol. The van der Waals surface area contributed by atoms with Gasteiger partial charge in [-0.05, 0) is 12.3 Å². The Bertz CT molecular complexity index is 681. The highest BCUT2D eigenvalue weighted by Gasteiger charge is 2.29. The van der Waals surface area contributed by atoms with Gasteiger partial charge >= 0.3 is 0 Å². The summed E-state index contributed by atoms with van der Waals surface area (Å²) >= 11 is 1.57. The molecule has 7 heteroatoms. The summed E-state index contributed by atoms with van der Waals surface area (Å²) in [6.07, 6.45) is 4.17. The van der Waals surface area contributed by atoms with E-state index in [4.69, 9.17) is 4.74 Å². The number of carbonyl (C=O) groups is 1. The van der Waals surface area contributed by atoms with Crippen LogP contribution in [0, 0.1) is 5.92 Å². The van der Waals surface area contributed by atoms with Gasteiger partial charge < -0.3 is 9.64 Å². The Labute approximate surface area is 146 Å². The summed E-state index contributed by atoms with van der Waals surface area (Å²) in [5.41, 5.74) is 1.74. The van der Waals surface area contributed by atoms with Crippen molar-refractivity contribution in [1.82, 2.24) is 19.7 Å². The van der Waals surface area contributed by atoms with Crippen molar-refractivity contribution in [2.75, 3.05) is 19.7 Å². The lowest BCUT2D eigenvalue weighted by Gasteiger charge is -2.32. The standard InChI is InChI=1S/C17H24N4O2S/c1-4-14-13(9-19-21(14)10-12(2)3)17(22)20-6-7-23-15(11-20)16-18-5-8-24-16/h5,8-9,12,15H,4,6-7,10-11H2,1-3H3/t15-/m1/s1. The predicted molar refractivity (Wildman–Crippen MR) is 93.2 cm³/mol. The minimum absolute atomic E-state index is 0.0479. The Morgan fingerprint density at radius 1 is 1.50 bits per heavy atom. The van der Waals surface area contributed by atoms with E-state index < -0.39 is 0 Å². The molecule has 24 heavy (non-hydrogen) atoms. The second-order valence-corrected chi connectivity index (χ2v) is 7.34. The highest BCUT2D eigenvalue weighted by atomic mass is 32.1. The quantitative estimate of drug-likeness (QED) is 0.834. The smallest absolute Gasteiger partial charge is 0.257 e. The molecule has 0 saturated carbocycles. The largest absolute Gasteiger partial charge is 0.367 e. The van der Waals surface area contributed by atoms with Gasteiger partial charge in [-0.1, -0.05) is 20.8 Å². The first-order valence-electron chi connectivity index (χ1n) is 8.45. The van der Waals surface area contributed by atoms with Crippen molar-refractivity contribution in [1.29, 1.82) is 0 Å². The van der Waals surface area contributed by atoms with Crippen LogP contribution in [0.4, 0.5) is 0 Å². The van der Waals surface area contributed by atoms with Crippen molar-refractivity contribution in [3.63, 3.8) is 0 Å². The van der Waals surface area contributed by atoms with Gasteiger partial charge in [-0.15, -0.1) is 11.3 Å². The van der Waals surface area contributed by atoms with Gasteiger partial charge in [0.05, 0.1) is 30.6 Å². The lowest BCUT2D eigenvalue weighted by atomic mass is 10.1. The van der Waals surface area contributed by atoms with Crippen LogP contribution in [0.25, 0.3) is 0 Å². The van der Waals surface area contributed by atoms with Crippen molar-refractivity contribution in [2.45, 2.75) is 39.8 Å². The highest BCUT2D eigenvalue weighted by molar-refractivity contribution is 7.09.